The van der Waals surface area contributed by atoms with Gasteiger partial charge in [-0.1, -0.05) is 6.58 Å². The van der Waals surface area contributed by atoms with Crippen molar-refractivity contribution in [2.75, 3.05) is 6.61 Å². The average Bonchev–Trinajstić information content (AvgIpc) is 2.62. The highest BCUT2D eigenvalue weighted by Gasteiger charge is 2.59. The van der Waals surface area contributed by atoms with Crippen molar-refractivity contribution in [2.45, 2.75) is 57.2 Å². The molecule has 4 atom stereocenters. The number of fused-ring (bicyclic) bond motifs is 3. The fourth-order valence-corrected chi connectivity index (χ4v) is 3.45. The van der Waals surface area contributed by atoms with Gasteiger partial charge in [0.05, 0.1) is 18.3 Å². The Kier molecular flexibility index (Phi) is 2.08. The summed E-state index contributed by atoms with van der Waals surface area (Å²) in [6.07, 6.45) is 2.34. The summed E-state index contributed by atoms with van der Waals surface area (Å²) in [6, 6.07) is 0. The first kappa shape index (κ1) is 10.8. The van der Waals surface area contributed by atoms with Crippen molar-refractivity contribution in [1.29, 1.82) is 0 Å². The SMILES string of the molecule is C=C1CO[C@H]2C3OC(C)(C)O[C@]3(C)CC[C@@H]12. The van der Waals surface area contributed by atoms with E-state index in [2.05, 4.69) is 13.5 Å². The van der Waals surface area contributed by atoms with E-state index >= 15 is 0 Å². The van der Waals surface area contributed by atoms with Crippen LogP contribution in [0.25, 0.3) is 0 Å². The first-order chi connectivity index (χ1) is 7.41. The first-order valence-corrected chi connectivity index (χ1v) is 6.09. The normalized spacial score (nSPS) is 50.2. The molecule has 0 spiro atoms. The van der Waals surface area contributed by atoms with Crippen molar-refractivity contribution in [3.8, 4) is 0 Å². The minimum absolute atomic E-state index is 0.0560. The highest BCUT2D eigenvalue weighted by Crippen LogP contribution is 2.50. The van der Waals surface area contributed by atoms with E-state index in [4.69, 9.17) is 14.2 Å². The van der Waals surface area contributed by atoms with Crippen LogP contribution in [0.3, 0.4) is 0 Å². The number of rotatable bonds is 0. The molecule has 0 radical (unpaired) electrons. The number of hydrogen-bond acceptors (Lipinski definition) is 3. The second-order valence-electron chi connectivity index (χ2n) is 5.93. The molecule has 3 aliphatic rings. The Labute approximate surface area is 96.8 Å². The van der Waals surface area contributed by atoms with Crippen LogP contribution < -0.4 is 0 Å². The standard InChI is InChI=1S/C13H20O3/c1-8-7-14-10-9(8)5-6-13(4)11(10)15-12(2,3)16-13/h9-11H,1,5-7H2,2-4H3/t9-,10+,11?,13+/m0/s1. The fourth-order valence-electron chi connectivity index (χ4n) is 3.45. The Hall–Kier alpha value is -0.380. The Morgan fingerprint density at radius 3 is 2.81 bits per heavy atom. The van der Waals surface area contributed by atoms with Crippen LogP contribution in [0.4, 0.5) is 0 Å². The highest BCUT2D eigenvalue weighted by atomic mass is 16.8. The molecule has 0 aromatic heterocycles. The first-order valence-electron chi connectivity index (χ1n) is 6.09. The molecule has 3 fully saturated rings. The fraction of sp³-hybridized carbons (Fsp3) is 0.846. The molecule has 3 nitrogen and oxygen atoms in total. The molecule has 1 aliphatic carbocycles. The molecule has 0 N–H and O–H groups in total. The lowest BCUT2D eigenvalue weighted by Crippen LogP contribution is -2.50. The van der Waals surface area contributed by atoms with E-state index in [-0.39, 0.29) is 17.8 Å². The molecule has 2 heterocycles. The van der Waals surface area contributed by atoms with Gasteiger partial charge in [-0.25, -0.2) is 0 Å². The van der Waals surface area contributed by atoms with E-state index in [1.165, 1.54) is 5.57 Å². The van der Waals surface area contributed by atoms with Gasteiger partial charge < -0.3 is 14.2 Å². The van der Waals surface area contributed by atoms with Crippen molar-refractivity contribution in [3.05, 3.63) is 12.2 Å². The largest absolute Gasteiger partial charge is 0.370 e. The maximum absolute atomic E-state index is 6.05. The molecular weight excluding hydrogens is 204 g/mol. The summed E-state index contributed by atoms with van der Waals surface area (Å²) in [5.41, 5.74) is 1.04. The summed E-state index contributed by atoms with van der Waals surface area (Å²) in [4.78, 5) is 0. The van der Waals surface area contributed by atoms with Gasteiger partial charge in [-0.15, -0.1) is 0 Å². The molecule has 0 aromatic carbocycles. The van der Waals surface area contributed by atoms with Gasteiger partial charge >= 0.3 is 0 Å². The maximum Gasteiger partial charge on any atom is 0.164 e. The lowest BCUT2D eigenvalue weighted by Gasteiger charge is -2.39. The summed E-state index contributed by atoms with van der Waals surface area (Å²) < 4.78 is 17.9. The Balaban J connectivity index is 1.91. The zero-order chi connectivity index (χ0) is 11.6. The highest BCUT2D eigenvalue weighted by molar-refractivity contribution is 5.17. The van der Waals surface area contributed by atoms with Crippen molar-refractivity contribution >= 4 is 0 Å². The van der Waals surface area contributed by atoms with E-state index in [1.54, 1.807) is 0 Å². The zero-order valence-corrected chi connectivity index (χ0v) is 10.3. The molecule has 3 rings (SSSR count). The Morgan fingerprint density at radius 2 is 2.06 bits per heavy atom. The molecule has 0 amide bonds. The molecule has 2 aliphatic heterocycles. The van der Waals surface area contributed by atoms with Gasteiger partial charge in [0.1, 0.15) is 6.10 Å². The summed E-state index contributed by atoms with van der Waals surface area (Å²) >= 11 is 0. The van der Waals surface area contributed by atoms with Gasteiger partial charge in [0.15, 0.2) is 5.79 Å². The van der Waals surface area contributed by atoms with E-state index in [0.29, 0.717) is 12.5 Å². The van der Waals surface area contributed by atoms with Gasteiger partial charge in [-0.2, -0.15) is 0 Å². The minimum atomic E-state index is -0.485. The van der Waals surface area contributed by atoms with E-state index in [9.17, 15) is 0 Å². The molecule has 1 unspecified atom stereocenters. The topological polar surface area (TPSA) is 27.7 Å². The van der Waals surface area contributed by atoms with Crippen molar-refractivity contribution in [3.63, 3.8) is 0 Å². The number of ether oxygens (including phenoxy) is 3. The van der Waals surface area contributed by atoms with E-state index in [1.807, 2.05) is 13.8 Å². The second-order valence-corrected chi connectivity index (χ2v) is 5.93. The van der Waals surface area contributed by atoms with Crippen LogP contribution in [0.5, 0.6) is 0 Å². The van der Waals surface area contributed by atoms with E-state index in [0.717, 1.165) is 12.8 Å². The number of hydrogen-bond donors (Lipinski definition) is 0. The third-order valence-electron chi connectivity index (χ3n) is 4.12. The van der Waals surface area contributed by atoms with Crippen LogP contribution in [-0.2, 0) is 14.2 Å². The third-order valence-corrected chi connectivity index (χ3v) is 4.12. The van der Waals surface area contributed by atoms with Crippen LogP contribution in [0.15, 0.2) is 12.2 Å². The molecule has 16 heavy (non-hydrogen) atoms. The third kappa shape index (κ3) is 1.38. The van der Waals surface area contributed by atoms with Crippen LogP contribution in [0.1, 0.15) is 33.6 Å². The molecule has 0 aromatic rings. The van der Waals surface area contributed by atoms with E-state index < -0.39 is 5.79 Å². The van der Waals surface area contributed by atoms with Crippen LogP contribution >= 0.6 is 0 Å². The quantitative estimate of drug-likeness (QED) is 0.591. The lowest BCUT2D eigenvalue weighted by atomic mass is 9.74. The van der Waals surface area contributed by atoms with Crippen LogP contribution in [0.2, 0.25) is 0 Å². The second kappa shape index (κ2) is 3.09. The molecule has 3 heteroatoms. The van der Waals surface area contributed by atoms with Crippen molar-refractivity contribution in [1.82, 2.24) is 0 Å². The summed E-state index contributed by atoms with van der Waals surface area (Å²) in [7, 11) is 0. The van der Waals surface area contributed by atoms with Gasteiger partial charge in [-0.3, -0.25) is 0 Å². The predicted octanol–water partition coefficient (Wildman–Crippen LogP) is 2.26. The van der Waals surface area contributed by atoms with Gasteiger partial charge in [0.25, 0.3) is 0 Å². The molecule has 1 saturated carbocycles. The van der Waals surface area contributed by atoms with Crippen molar-refractivity contribution in [2.24, 2.45) is 5.92 Å². The Bertz CT molecular complexity index is 336. The zero-order valence-electron chi connectivity index (χ0n) is 10.3. The lowest BCUT2D eigenvalue weighted by molar-refractivity contribution is -0.163. The summed E-state index contributed by atoms with van der Waals surface area (Å²) in [5, 5.41) is 0. The van der Waals surface area contributed by atoms with Crippen molar-refractivity contribution < 1.29 is 14.2 Å². The van der Waals surface area contributed by atoms with Gasteiger partial charge in [0.2, 0.25) is 0 Å². The molecule has 90 valence electrons. The molecular formula is C13H20O3. The molecule has 0 bridgehead atoms. The Morgan fingerprint density at radius 1 is 1.31 bits per heavy atom. The monoisotopic (exact) mass is 224 g/mol. The smallest absolute Gasteiger partial charge is 0.164 e. The van der Waals surface area contributed by atoms with Gasteiger partial charge in [0, 0.05) is 5.92 Å². The summed E-state index contributed by atoms with van der Waals surface area (Å²) in [5.74, 6) is -0.0164. The van der Waals surface area contributed by atoms with Crippen LogP contribution in [-0.4, -0.2) is 30.2 Å². The van der Waals surface area contributed by atoms with Crippen LogP contribution in [0, 0.1) is 5.92 Å². The predicted molar refractivity (Wildman–Crippen MR) is 60.0 cm³/mol. The minimum Gasteiger partial charge on any atom is -0.370 e. The average molecular weight is 224 g/mol. The molecule has 2 saturated heterocycles. The summed E-state index contributed by atoms with van der Waals surface area (Å²) in [6.45, 7) is 10.9. The van der Waals surface area contributed by atoms with Gasteiger partial charge in [-0.05, 0) is 39.2 Å². The maximum atomic E-state index is 6.05.